The number of hydrogen-bond donors (Lipinski definition) is 2. The largest absolute Gasteiger partial charge is 0.381 e. The van der Waals surface area contributed by atoms with Gasteiger partial charge < -0.3 is 10.2 Å². The predicted octanol–water partition coefficient (Wildman–Crippen LogP) is 1.07. The Morgan fingerprint density at radius 2 is 1.89 bits per heavy atom. The Kier molecular flexibility index (Phi) is 5.89. The van der Waals surface area contributed by atoms with Crippen molar-refractivity contribution in [3.63, 3.8) is 0 Å². The highest BCUT2D eigenvalue weighted by Crippen LogP contribution is 2.36. The van der Waals surface area contributed by atoms with Crippen molar-refractivity contribution in [1.29, 1.82) is 0 Å². The highest BCUT2D eigenvalue weighted by atomic mass is 19.1. The predicted molar refractivity (Wildman–Crippen MR) is 119 cm³/mol. The molecule has 1 aliphatic rings. The van der Waals surface area contributed by atoms with Gasteiger partial charge in [0.15, 0.2) is 0 Å². The van der Waals surface area contributed by atoms with Crippen molar-refractivity contribution in [2.24, 2.45) is 0 Å². The van der Waals surface area contributed by atoms with E-state index in [9.17, 15) is 23.8 Å². The summed E-state index contributed by atoms with van der Waals surface area (Å²) in [6, 6.07) is 7.74. The summed E-state index contributed by atoms with van der Waals surface area (Å²) in [7, 11) is 0. The minimum atomic E-state index is -2.10. The van der Waals surface area contributed by atoms with Crippen LogP contribution in [0, 0.1) is 11.6 Å². The van der Waals surface area contributed by atoms with Crippen LogP contribution in [0.4, 0.5) is 19.3 Å². The first-order valence-corrected chi connectivity index (χ1v) is 10.9. The standard InChI is InChI=1S/C22H21F2N9O3/c1-14(22(36,10-30-12-25-11-27-30)18-7-2-15(23)8-19(18)24)33-20(34)9-31(21(33)35)16-3-5-17(6-4-16)32-13-26-28-29-32/h2-8,11-14,20,34,36H,9-10H2,1H3/t14?,20?,22-/m1/s1. The highest BCUT2D eigenvalue weighted by Gasteiger charge is 2.49. The topological polar surface area (TPSA) is 138 Å². The molecular weight excluding hydrogens is 476 g/mol. The molecule has 14 heteroatoms. The number of carbonyl (C=O) groups excluding carboxylic acids is 1. The van der Waals surface area contributed by atoms with Gasteiger partial charge in [-0.1, -0.05) is 6.07 Å². The zero-order valence-corrected chi connectivity index (χ0v) is 18.9. The van der Waals surface area contributed by atoms with Gasteiger partial charge in [-0.3, -0.25) is 9.80 Å². The lowest BCUT2D eigenvalue weighted by atomic mass is 9.85. The lowest BCUT2D eigenvalue weighted by Crippen LogP contribution is -2.55. The Balaban J connectivity index is 1.46. The van der Waals surface area contributed by atoms with Crippen LogP contribution in [0.15, 0.2) is 61.4 Å². The molecule has 1 fully saturated rings. The monoisotopic (exact) mass is 497 g/mol. The van der Waals surface area contributed by atoms with Crippen molar-refractivity contribution in [3.05, 3.63) is 78.6 Å². The van der Waals surface area contributed by atoms with Gasteiger partial charge in [0.2, 0.25) is 0 Å². The Hall–Kier alpha value is -4.30. The van der Waals surface area contributed by atoms with Crippen LogP contribution in [0.5, 0.6) is 0 Å². The summed E-state index contributed by atoms with van der Waals surface area (Å²) in [6.07, 6.45) is 2.66. The Morgan fingerprint density at radius 1 is 1.14 bits per heavy atom. The zero-order valence-electron chi connectivity index (χ0n) is 18.9. The molecule has 0 aliphatic carbocycles. The van der Waals surface area contributed by atoms with Crippen molar-refractivity contribution >= 4 is 11.7 Å². The Labute approximate surface area is 203 Å². The molecule has 4 aromatic rings. The van der Waals surface area contributed by atoms with Gasteiger partial charge in [-0.2, -0.15) is 5.10 Å². The highest BCUT2D eigenvalue weighted by molar-refractivity contribution is 5.94. The molecule has 0 radical (unpaired) electrons. The Morgan fingerprint density at radius 3 is 2.53 bits per heavy atom. The van der Waals surface area contributed by atoms with Gasteiger partial charge in [-0.05, 0) is 47.7 Å². The van der Waals surface area contributed by atoms with E-state index in [2.05, 4.69) is 25.6 Å². The molecular formula is C22H21F2N9O3. The smallest absolute Gasteiger partial charge is 0.327 e. The third-order valence-corrected chi connectivity index (χ3v) is 6.27. The van der Waals surface area contributed by atoms with E-state index in [-0.39, 0.29) is 18.7 Å². The van der Waals surface area contributed by atoms with Crippen LogP contribution in [0.3, 0.4) is 0 Å². The van der Waals surface area contributed by atoms with Crippen LogP contribution >= 0.6 is 0 Å². The molecule has 0 saturated carbocycles. The number of β-amino-alcohol motifs (C(OH)–C–C–N with tert-alkyl or cyclic N) is 1. The van der Waals surface area contributed by atoms with Gasteiger partial charge in [0, 0.05) is 17.3 Å². The van der Waals surface area contributed by atoms with Crippen LogP contribution < -0.4 is 4.90 Å². The number of anilines is 1. The van der Waals surface area contributed by atoms with E-state index in [1.165, 1.54) is 40.2 Å². The fourth-order valence-corrected chi connectivity index (χ4v) is 4.38. The summed E-state index contributed by atoms with van der Waals surface area (Å²) in [5.74, 6) is -1.82. The number of aromatic nitrogens is 7. The number of urea groups is 1. The maximum Gasteiger partial charge on any atom is 0.327 e. The molecule has 2 amide bonds. The number of tetrazole rings is 1. The number of halogens is 2. The lowest BCUT2D eigenvalue weighted by molar-refractivity contribution is -0.0822. The van der Waals surface area contributed by atoms with Crippen molar-refractivity contribution in [3.8, 4) is 5.69 Å². The minimum absolute atomic E-state index is 0.0985. The number of aliphatic hydroxyl groups is 2. The van der Waals surface area contributed by atoms with E-state index in [0.29, 0.717) is 17.4 Å². The average molecular weight is 497 g/mol. The van der Waals surface area contributed by atoms with Gasteiger partial charge >= 0.3 is 6.03 Å². The minimum Gasteiger partial charge on any atom is -0.381 e. The molecule has 1 saturated heterocycles. The third kappa shape index (κ3) is 4.05. The molecule has 2 N–H and O–H groups in total. The second-order valence-electron chi connectivity index (χ2n) is 8.37. The molecule has 5 rings (SSSR count). The summed E-state index contributed by atoms with van der Waals surface area (Å²) >= 11 is 0. The molecule has 3 heterocycles. The van der Waals surface area contributed by atoms with Crippen molar-refractivity contribution in [1.82, 2.24) is 39.9 Å². The average Bonchev–Trinajstić information content (AvgIpc) is 3.61. The first kappa shape index (κ1) is 23.4. The molecule has 36 heavy (non-hydrogen) atoms. The molecule has 186 valence electrons. The first-order chi connectivity index (χ1) is 17.3. The molecule has 3 atom stereocenters. The molecule has 2 aromatic heterocycles. The van der Waals surface area contributed by atoms with Gasteiger partial charge in [-0.15, -0.1) is 5.10 Å². The van der Waals surface area contributed by atoms with Crippen LogP contribution in [-0.2, 0) is 12.1 Å². The third-order valence-electron chi connectivity index (χ3n) is 6.27. The molecule has 1 aliphatic heterocycles. The summed E-state index contributed by atoms with van der Waals surface area (Å²) in [6.45, 7) is 1.07. The summed E-state index contributed by atoms with van der Waals surface area (Å²) in [5.41, 5.74) is -1.20. The summed E-state index contributed by atoms with van der Waals surface area (Å²) in [5, 5.41) is 37.6. The molecule has 0 bridgehead atoms. The van der Waals surface area contributed by atoms with E-state index in [4.69, 9.17) is 0 Å². The van der Waals surface area contributed by atoms with E-state index in [1.54, 1.807) is 24.3 Å². The van der Waals surface area contributed by atoms with E-state index < -0.39 is 35.5 Å². The van der Waals surface area contributed by atoms with Gasteiger partial charge in [0.1, 0.15) is 42.4 Å². The van der Waals surface area contributed by atoms with Crippen LogP contribution in [0.1, 0.15) is 12.5 Å². The number of carbonyl (C=O) groups is 1. The van der Waals surface area contributed by atoms with Crippen LogP contribution in [0.2, 0.25) is 0 Å². The summed E-state index contributed by atoms with van der Waals surface area (Å²) in [4.78, 5) is 19.7. The number of nitrogens with zero attached hydrogens (tertiary/aromatic N) is 9. The van der Waals surface area contributed by atoms with E-state index >= 15 is 0 Å². The quantitative estimate of drug-likeness (QED) is 0.387. The van der Waals surface area contributed by atoms with Gasteiger partial charge in [-0.25, -0.2) is 27.9 Å². The SMILES string of the molecule is CC(N1C(=O)N(c2ccc(-n3cnnn3)cc2)CC1O)[C@](O)(Cn1cncn1)c1ccc(F)cc1F. The van der Waals surface area contributed by atoms with E-state index in [0.717, 1.165) is 17.0 Å². The Bertz CT molecular complexity index is 1350. The number of hydrogen-bond acceptors (Lipinski definition) is 8. The molecule has 12 nitrogen and oxygen atoms in total. The molecule has 2 aromatic carbocycles. The zero-order chi connectivity index (χ0) is 25.4. The van der Waals surface area contributed by atoms with Gasteiger partial charge in [0.25, 0.3) is 0 Å². The van der Waals surface area contributed by atoms with E-state index in [1.807, 2.05) is 0 Å². The molecule has 0 spiro atoms. The second-order valence-corrected chi connectivity index (χ2v) is 8.37. The maximum atomic E-state index is 14.9. The van der Waals surface area contributed by atoms with Crippen LogP contribution in [0.25, 0.3) is 5.69 Å². The maximum absolute atomic E-state index is 14.9. The summed E-state index contributed by atoms with van der Waals surface area (Å²) < 4.78 is 31.2. The fourth-order valence-electron chi connectivity index (χ4n) is 4.38. The number of rotatable bonds is 7. The first-order valence-electron chi connectivity index (χ1n) is 10.9. The fraction of sp³-hybridized carbons (Fsp3) is 0.273. The van der Waals surface area contributed by atoms with Crippen molar-refractivity contribution in [2.45, 2.75) is 31.3 Å². The lowest BCUT2D eigenvalue weighted by Gasteiger charge is -2.40. The van der Waals surface area contributed by atoms with Gasteiger partial charge in [0.05, 0.1) is 24.8 Å². The van der Waals surface area contributed by atoms with Crippen molar-refractivity contribution < 1.29 is 23.8 Å². The number of aliphatic hydroxyl groups excluding tert-OH is 1. The second kappa shape index (κ2) is 9.05. The molecule has 2 unspecified atom stereocenters. The number of benzene rings is 2. The number of amides is 2. The van der Waals surface area contributed by atoms with Crippen molar-refractivity contribution in [2.75, 3.05) is 11.4 Å². The normalized spacial score (nSPS) is 18.5. The van der Waals surface area contributed by atoms with Crippen LogP contribution in [-0.4, -0.2) is 74.9 Å².